The lowest BCUT2D eigenvalue weighted by Crippen LogP contribution is -2.59. The highest BCUT2D eigenvalue weighted by atomic mass is 16.4. The lowest BCUT2D eigenvalue weighted by molar-refractivity contribution is -0.147. The predicted octanol–water partition coefficient (Wildman–Crippen LogP) is -0.645. The predicted molar refractivity (Wildman–Crippen MR) is 132 cm³/mol. The fourth-order valence-corrected chi connectivity index (χ4v) is 3.40. The summed E-state index contributed by atoms with van der Waals surface area (Å²) in [5, 5.41) is 25.6. The smallest absolute Gasteiger partial charge is 0.326 e. The molecule has 3 amide bonds. The van der Waals surface area contributed by atoms with Crippen LogP contribution in [0.5, 0.6) is 0 Å². The SMILES string of the molecule is CC(C)C(NC(=O)C(N)CCCCN)C(=O)NC(Cc1ccccc1)C(=O)NC(CC(=O)O)C(=O)O. The number of carboxylic acid groups (broad SMARTS) is 2. The molecule has 0 fully saturated rings. The van der Waals surface area contributed by atoms with Crippen molar-refractivity contribution in [1.29, 1.82) is 0 Å². The maximum Gasteiger partial charge on any atom is 0.326 e. The van der Waals surface area contributed by atoms with Crippen LogP contribution in [0, 0.1) is 5.92 Å². The number of hydrogen-bond donors (Lipinski definition) is 7. The van der Waals surface area contributed by atoms with Gasteiger partial charge in [-0.2, -0.15) is 0 Å². The van der Waals surface area contributed by atoms with E-state index in [0.29, 0.717) is 31.4 Å². The minimum atomic E-state index is -1.68. The van der Waals surface area contributed by atoms with Crippen molar-refractivity contribution in [3.63, 3.8) is 0 Å². The van der Waals surface area contributed by atoms with Gasteiger partial charge in [0.1, 0.15) is 18.1 Å². The van der Waals surface area contributed by atoms with Crippen LogP contribution in [0.1, 0.15) is 45.1 Å². The first-order chi connectivity index (χ1) is 17.0. The van der Waals surface area contributed by atoms with Crippen LogP contribution in [-0.2, 0) is 30.4 Å². The molecule has 1 aromatic carbocycles. The Balaban J connectivity index is 3.04. The Morgan fingerprint density at radius 1 is 0.861 bits per heavy atom. The second-order valence-corrected chi connectivity index (χ2v) is 8.87. The fraction of sp³-hybridized carbons (Fsp3) is 0.542. The van der Waals surface area contributed by atoms with Gasteiger partial charge in [-0.05, 0) is 30.9 Å². The first kappa shape index (κ1) is 30.5. The van der Waals surface area contributed by atoms with Gasteiger partial charge in [0.2, 0.25) is 17.7 Å². The second kappa shape index (κ2) is 15.5. The van der Waals surface area contributed by atoms with Crippen molar-refractivity contribution in [3.8, 4) is 0 Å². The number of carboxylic acids is 2. The summed E-state index contributed by atoms with van der Waals surface area (Å²) in [7, 11) is 0. The number of unbranched alkanes of at least 4 members (excludes halogenated alkanes) is 1. The molecule has 4 unspecified atom stereocenters. The molecule has 0 spiro atoms. The van der Waals surface area contributed by atoms with Gasteiger partial charge in [0.05, 0.1) is 12.5 Å². The molecule has 0 aliphatic heterocycles. The molecule has 36 heavy (non-hydrogen) atoms. The number of carbonyl (C=O) groups is 5. The van der Waals surface area contributed by atoms with E-state index < -0.39 is 60.2 Å². The molecular formula is C24H37N5O7. The van der Waals surface area contributed by atoms with Crippen LogP contribution in [-0.4, -0.2) is 70.6 Å². The Hall–Kier alpha value is -3.51. The number of nitrogens with one attached hydrogen (secondary N) is 3. The molecule has 0 radical (unpaired) electrons. The van der Waals surface area contributed by atoms with Gasteiger partial charge >= 0.3 is 11.9 Å². The van der Waals surface area contributed by atoms with Crippen molar-refractivity contribution in [2.24, 2.45) is 17.4 Å². The molecule has 12 nitrogen and oxygen atoms in total. The van der Waals surface area contributed by atoms with E-state index in [2.05, 4.69) is 16.0 Å². The van der Waals surface area contributed by atoms with Crippen LogP contribution in [0.3, 0.4) is 0 Å². The van der Waals surface area contributed by atoms with E-state index >= 15 is 0 Å². The molecule has 9 N–H and O–H groups in total. The highest BCUT2D eigenvalue weighted by Gasteiger charge is 2.32. The van der Waals surface area contributed by atoms with E-state index in [9.17, 15) is 29.1 Å². The normalized spacial score (nSPS) is 14.2. The zero-order chi connectivity index (χ0) is 27.3. The summed E-state index contributed by atoms with van der Waals surface area (Å²) in [6.07, 6.45) is 0.943. The van der Waals surface area contributed by atoms with Gasteiger partial charge in [-0.25, -0.2) is 4.79 Å². The van der Waals surface area contributed by atoms with E-state index in [1.165, 1.54) is 0 Å². The van der Waals surface area contributed by atoms with Crippen molar-refractivity contribution < 1.29 is 34.2 Å². The van der Waals surface area contributed by atoms with E-state index in [4.69, 9.17) is 16.6 Å². The number of rotatable bonds is 16. The molecule has 200 valence electrons. The van der Waals surface area contributed by atoms with E-state index in [1.807, 2.05) is 0 Å². The number of nitrogens with two attached hydrogens (primary N) is 2. The monoisotopic (exact) mass is 507 g/mol. The molecule has 0 heterocycles. The summed E-state index contributed by atoms with van der Waals surface area (Å²) in [6.45, 7) is 3.90. The molecule has 0 bridgehead atoms. The Labute approximate surface area is 210 Å². The molecule has 0 aliphatic carbocycles. The summed E-state index contributed by atoms with van der Waals surface area (Å²) in [4.78, 5) is 61.0. The van der Waals surface area contributed by atoms with Gasteiger partial charge in [0.15, 0.2) is 0 Å². The fourth-order valence-electron chi connectivity index (χ4n) is 3.40. The molecule has 12 heteroatoms. The maximum absolute atomic E-state index is 13.1. The van der Waals surface area contributed by atoms with Crippen LogP contribution >= 0.6 is 0 Å². The second-order valence-electron chi connectivity index (χ2n) is 8.87. The molecule has 4 atom stereocenters. The zero-order valence-corrected chi connectivity index (χ0v) is 20.6. The summed E-state index contributed by atoms with van der Waals surface area (Å²) < 4.78 is 0. The summed E-state index contributed by atoms with van der Waals surface area (Å²) in [6, 6.07) is 3.93. The van der Waals surface area contributed by atoms with Gasteiger partial charge in [0.25, 0.3) is 0 Å². The minimum absolute atomic E-state index is 0.00912. The van der Waals surface area contributed by atoms with E-state index in [1.54, 1.807) is 44.2 Å². The summed E-state index contributed by atoms with van der Waals surface area (Å²) in [5.41, 5.74) is 12.1. The van der Waals surface area contributed by atoms with Crippen LogP contribution in [0.2, 0.25) is 0 Å². The van der Waals surface area contributed by atoms with Gasteiger partial charge in [-0.1, -0.05) is 50.6 Å². The van der Waals surface area contributed by atoms with Crippen LogP contribution in [0.15, 0.2) is 30.3 Å². The van der Waals surface area contributed by atoms with E-state index in [-0.39, 0.29) is 12.3 Å². The standard InChI is InChI=1S/C24H37N5O7/c1-14(2)20(29-21(32)16(26)10-6-7-11-25)23(34)27-17(12-15-8-4-3-5-9-15)22(33)28-18(24(35)36)13-19(30)31/h3-5,8-9,14,16-18,20H,6-7,10-13,25-26H2,1-2H3,(H,27,34)(H,28,33)(H,29,32)(H,30,31)(H,35,36). The highest BCUT2D eigenvalue weighted by Crippen LogP contribution is 2.09. The summed E-state index contributed by atoms with van der Waals surface area (Å²) >= 11 is 0. The highest BCUT2D eigenvalue weighted by molar-refractivity contribution is 5.94. The lowest BCUT2D eigenvalue weighted by atomic mass is 10.00. The Bertz CT molecular complexity index is 894. The maximum atomic E-state index is 13.1. The van der Waals surface area contributed by atoms with Crippen molar-refractivity contribution in [1.82, 2.24) is 16.0 Å². The third-order valence-electron chi connectivity index (χ3n) is 5.46. The first-order valence-electron chi connectivity index (χ1n) is 11.8. The van der Waals surface area contributed by atoms with Gasteiger partial charge in [0, 0.05) is 6.42 Å². The molecule has 0 saturated heterocycles. The van der Waals surface area contributed by atoms with Crippen molar-refractivity contribution in [3.05, 3.63) is 35.9 Å². The topological polar surface area (TPSA) is 214 Å². The lowest BCUT2D eigenvalue weighted by Gasteiger charge is -2.27. The molecule has 1 aromatic rings. The number of carbonyl (C=O) groups excluding carboxylic acids is 3. The van der Waals surface area contributed by atoms with Crippen LogP contribution < -0.4 is 27.4 Å². The van der Waals surface area contributed by atoms with Gasteiger partial charge in [-0.3, -0.25) is 19.2 Å². The number of benzene rings is 1. The minimum Gasteiger partial charge on any atom is -0.481 e. The number of aliphatic carboxylic acids is 2. The summed E-state index contributed by atoms with van der Waals surface area (Å²) in [5.74, 6) is -5.33. The Morgan fingerprint density at radius 3 is 2.00 bits per heavy atom. The quantitative estimate of drug-likeness (QED) is 0.141. The average molecular weight is 508 g/mol. The largest absolute Gasteiger partial charge is 0.481 e. The molecular weight excluding hydrogens is 470 g/mol. The van der Waals surface area contributed by atoms with E-state index in [0.717, 1.165) is 0 Å². The van der Waals surface area contributed by atoms with Gasteiger partial charge < -0.3 is 37.6 Å². The zero-order valence-electron chi connectivity index (χ0n) is 20.6. The van der Waals surface area contributed by atoms with Crippen LogP contribution in [0.4, 0.5) is 0 Å². The average Bonchev–Trinajstić information content (AvgIpc) is 2.81. The molecule has 0 aliphatic rings. The molecule has 1 rings (SSSR count). The first-order valence-corrected chi connectivity index (χ1v) is 11.8. The van der Waals surface area contributed by atoms with Crippen molar-refractivity contribution in [2.75, 3.05) is 6.54 Å². The molecule has 0 aromatic heterocycles. The third-order valence-corrected chi connectivity index (χ3v) is 5.46. The van der Waals surface area contributed by atoms with Crippen molar-refractivity contribution in [2.45, 2.75) is 70.1 Å². The van der Waals surface area contributed by atoms with Gasteiger partial charge in [-0.15, -0.1) is 0 Å². The number of hydrogen-bond acceptors (Lipinski definition) is 7. The molecule has 0 saturated carbocycles. The third kappa shape index (κ3) is 10.8. The number of amides is 3. The Kier molecular flexibility index (Phi) is 13.1. The van der Waals surface area contributed by atoms with Crippen molar-refractivity contribution >= 4 is 29.7 Å². The van der Waals surface area contributed by atoms with Crippen LogP contribution in [0.25, 0.3) is 0 Å². The Morgan fingerprint density at radius 2 is 1.47 bits per heavy atom.